The van der Waals surface area contributed by atoms with Gasteiger partial charge < -0.3 is 5.11 Å². The van der Waals surface area contributed by atoms with Gasteiger partial charge in [-0.25, -0.2) is 0 Å². The zero-order valence-electron chi connectivity index (χ0n) is 9.19. The van der Waals surface area contributed by atoms with E-state index in [1.165, 1.54) is 0 Å². The van der Waals surface area contributed by atoms with Gasteiger partial charge >= 0.3 is 0 Å². The molecule has 1 unspecified atom stereocenters. The van der Waals surface area contributed by atoms with E-state index in [1.807, 2.05) is 19.1 Å². The van der Waals surface area contributed by atoms with Gasteiger partial charge in [-0.2, -0.15) is 0 Å². The van der Waals surface area contributed by atoms with Crippen molar-refractivity contribution in [3.63, 3.8) is 0 Å². The summed E-state index contributed by atoms with van der Waals surface area (Å²) in [5, 5.41) is 10.9. The topological polar surface area (TPSA) is 33.1 Å². The number of benzene rings is 1. The van der Waals surface area contributed by atoms with Crippen molar-refractivity contribution in [2.24, 2.45) is 0 Å². The zero-order chi connectivity index (χ0) is 12.4. The third kappa shape index (κ3) is 2.86. The minimum atomic E-state index is -0.710. The second kappa shape index (κ2) is 5.17. The molecule has 1 N–H and O–H groups in total. The molecular weight excluding hydrogens is 302 g/mol. The Bertz CT molecular complexity index is 524. The van der Waals surface area contributed by atoms with Crippen LogP contribution in [-0.4, -0.2) is 10.1 Å². The summed E-state index contributed by atoms with van der Waals surface area (Å²) in [5.41, 5.74) is 2.55. The average Bonchev–Trinajstić information content (AvgIpc) is 2.27. The monoisotopic (exact) mass is 311 g/mol. The highest BCUT2D eigenvalue weighted by Gasteiger charge is 2.14. The van der Waals surface area contributed by atoms with Gasteiger partial charge in [0.25, 0.3) is 0 Å². The van der Waals surface area contributed by atoms with Crippen LogP contribution in [0.1, 0.15) is 22.8 Å². The molecule has 4 heteroatoms. The second-order valence-corrected chi connectivity index (χ2v) is 5.19. The lowest BCUT2D eigenvalue weighted by molar-refractivity contribution is 0.219. The average molecular weight is 313 g/mol. The molecule has 1 aromatic heterocycles. The lowest BCUT2D eigenvalue weighted by Gasteiger charge is -2.14. The summed E-state index contributed by atoms with van der Waals surface area (Å²) >= 11 is 9.33. The largest absolute Gasteiger partial charge is 0.384 e. The Morgan fingerprint density at radius 2 is 2.12 bits per heavy atom. The molecule has 1 heterocycles. The summed E-state index contributed by atoms with van der Waals surface area (Å²) < 4.78 is 0.848. The minimum Gasteiger partial charge on any atom is -0.384 e. The molecule has 0 aliphatic carbocycles. The summed E-state index contributed by atoms with van der Waals surface area (Å²) in [6, 6.07) is 7.26. The van der Waals surface area contributed by atoms with E-state index in [2.05, 4.69) is 20.9 Å². The number of halogens is 2. The third-order valence-corrected chi connectivity index (χ3v) is 3.25. The first kappa shape index (κ1) is 12.6. The van der Waals surface area contributed by atoms with Crippen LogP contribution in [-0.2, 0) is 0 Å². The number of rotatable bonds is 2. The predicted molar refractivity (Wildman–Crippen MR) is 72.2 cm³/mol. The van der Waals surface area contributed by atoms with E-state index in [9.17, 15) is 5.11 Å². The summed E-state index contributed by atoms with van der Waals surface area (Å²) in [5.74, 6) is 0. The van der Waals surface area contributed by atoms with Crippen molar-refractivity contribution in [3.8, 4) is 0 Å². The van der Waals surface area contributed by atoms with E-state index >= 15 is 0 Å². The molecule has 0 aliphatic heterocycles. The van der Waals surface area contributed by atoms with Gasteiger partial charge in [0.05, 0.1) is 0 Å². The molecule has 0 saturated heterocycles. The SMILES string of the molecule is Cc1ccncc1C(O)c1cc(Cl)cc(Br)c1. The lowest BCUT2D eigenvalue weighted by Crippen LogP contribution is -2.02. The van der Waals surface area contributed by atoms with Gasteiger partial charge in [-0.3, -0.25) is 4.98 Å². The number of hydrogen-bond donors (Lipinski definition) is 1. The summed E-state index contributed by atoms with van der Waals surface area (Å²) in [4.78, 5) is 4.03. The molecule has 1 atom stereocenters. The fraction of sp³-hybridized carbons (Fsp3) is 0.154. The van der Waals surface area contributed by atoms with E-state index in [-0.39, 0.29) is 0 Å². The van der Waals surface area contributed by atoms with Crippen LogP contribution in [0.3, 0.4) is 0 Å². The van der Waals surface area contributed by atoms with Gasteiger partial charge in [-0.1, -0.05) is 27.5 Å². The number of pyridine rings is 1. The number of aliphatic hydroxyl groups excluding tert-OH is 1. The highest BCUT2D eigenvalue weighted by molar-refractivity contribution is 9.10. The van der Waals surface area contributed by atoms with Crippen molar-refractivity contribution in [2.45, 2.75) is 13.0 Å². The van der Waals surface area contributed by atoms with E-state index in [1.54, 1.807) is 24.5 Å². The van der Waals surface area contributed by atoms with Gasteiger partial charge in [-0.15, -0.1) is 0 Å². The molecule has 2 rings (SSSR count). The fourth-order valence-electron chi connectivity index (χ4n) is 1.68. The van der Waals surface area contributed by atoms with Crippen molar-refractivity contribution in [2.75, 3.05) is 0 Å². The van der Waals surface area contributed by atoms with Crippen molar-refractivity contribution in [1.82, 2.24) is 4.98 Å². The van der Waals surface area contributed by atoms with E-state index < -0.39 is 6.10 Å². The highest BCUT2D eigenvalue weighted by Crippen LogP contribution is 2.28. The van der Waals surface area contributed by atoms with Gasteiger partial charge in [-0.05, 0) is 42.3 Å². The van der Waals surface area contributed by atoms with Crippen LogP contribution in [0.2, 0.25) is 5.02 Å². The molecule has 0 bridgehead atoms. The Morgan fingerprint density at radius 1 is 1.35 bits per heavy atom. The van der Waals surface area contributed by atoms with Crippen LogP contribution in [0.4, 0.5) is 0 Å². The number of aromatic nitrogens is 1. The first-order valence-electron chi connectivity index (χ1n) is 5.12. The Hall–Kier alpha value is -0.900. The maximum absolute atomic E-state index is 10.3. The van der Waals surface area contributed by atoms with Crippen molar-refractivity contribution < 1.29 is 5.11 Å². The first-order chi connectivity index (χ1) is 8.08. The van der Waals surface area contributed by atoms with Crippen LogP contribution in [0.25, 0.3) is 0 Å². The predicted octanol–water partition coefficient (Wildman–Crippen LogP) is 3.89. The minimum absolute atomic E-state index is 0.593. The Labute approximate surface area is 113 Å². The molecule has 0 saturated carbocycles. The first-order valence-corrected chi connectivity index (χ1v) is 6.29. The summed E-state index contributed by atoms with van der Waals surface area (Å²) in [6.07, 6.45) is 2.67. The molecule has 0 radical (unpaired) electrons. The van der Waals surface area contributed by atoms with E-state index in [0.717, 1.165) is 21.2 Å². The van der Waals surface area contributed by atoms with Gasteiger partial charge in [0.1, 0.15) is 6.10 Å². The second-order valence-electron chi connectivity index (χ2n) is 3.84. The fourth-order valence-corrected chi connectivity index (χ4v) is 2.56. The van der Waals surface area contributed by atoms with E-state index in [0.29, 0.717) is 5.02 Å². The summed E-state index contributed by atoms with van der Waals surface area (Å²) in [6.45, 7) is 1.94. The smallest absolute Gasteiger partial charge is 0.106 e. The van der Waals surface area contributed by atoms with Crippen molar-refractivity contribution in [3.05, 3.63) is 62.8 Å². The normalized spacial score (nSPS) is 12.5. The van der Waals surface area contributed by atoms with E-state index in [4.69, 9.17) is 11.6 Å². The van der Waals surface area contributed by atoms with Crippen LogP contribution < -0.4 is 0 Å². The molecular formula is C13H11BrClNO. The summed E-state index contributed by atoms with van der Waals surface area (Å²) in [7, 11) is 0. The standard InChI is InChI=1S/C13H11BrClNO/c1-8-2-3-16-7-12(8)13(17)9-4-10(14)6-11(15)5-9/h2-7,13,17H,1H3. The van der Waals surface area contributed by atoms with Gasteiger partial charge in [0, 0.05) is 27.5 Å². The molecule has 2 aromatic rings. The molecule has 0 amide bonds. The molecule has 1 aromatic carbocycles. The van der Waals surface area contributed by atoms with Gasteiger partial charge in [0.15, 0.2) is 0 Å². The number of aliphatic hydroxyl groups is 1. The number of aryl methyl sites for hydroxylation is 1. The van der Waals surface area contributed by atoms with Gasteiger partial charge in [0.2, 0.25) is 0 Å². The lowest BCUT2D eigenvalue weighted by atomic mass is 10.00. The maximum atomic E-state index is 10.3. The van der Waals surface area contributed by atoms with Crippen LogP contribution in [0.5, 0.6) is 0 Å². The number of nitrogens with zero attached hydrogens (tertiary/aromatic N) is 1. The molecule has 0 aliphatic rings. The maximum Gasteiger partial charge on any atom is 0.106 e. The quantitative estimate of drug-likeness (QED) is 0.912. The zero-order valence-corrected chi connectivity index (χ0v) is 11.5. The van der Waals surface area contributed by atoms with Crippen LogP contribution >= 0.6 is 27.5 Å². The Morgan fingerprint density at radius 3 is 2.76 bits per heavy atom. The van der Waals surface area contributed by atoms with Crippen LogP contribution in [0.15, 0.2) is 41.1 Å². The third-order valence-electron chi connectivity index (χ3n) is 2.57. The Kier molecular flexibility index (Phi) is 3.82. The molecule has 2 nitrogen and oxygen atoms in total. The van der Waals surface area contributed by atoms with Crippen molar-refractivity contribution in [1.29, 1.82) is 0 Å². The highest BCUT2D eigenvalue weighted by atomic mass is 79.9. The molecule has 0 spiro atoms. The Balaban J connectivity index is 2.43. The molecule has 0 fully saturated rings. The van der Waals surface area contributed by atoms with Crippen LogP contribution in [0, 0.1) is 6.92 Å². The molecule has 88 valence electrons. The molecule has 17 heavy (non-hydrogen) atoms. The number of hydrogen-bond acceptors (Lipinski definition) is 2. The van der Waals surface area contributed by atoms with Crippen molar-refractivity contribution >= 4 is 27.5 Å².